The van der Waals surface area contributed by atoms with Crippen molar-refractivity contribution in [1.82, 2.24) is 10.6 Å². The van der Waals surface area contributed by atoms with Crippen molar-refractivity contribution in [3.63, 3.8) is 0 Å². The van der Waals surface area contributed by atoms with Crippen LogP contribution >= 0.6 is 0 Å². The zero-order chi connectivity index (χ0) is 12.1. The molecule has 0 bridgehead atoms. The molecular formula is C13H18N2O2. The van der Waals surface area contributed by atoms with E-state index in [0.29, 0.717) is 0 Å². The molecule has 0 aliphatic carbocycles. The maximum atomic E-state index is 11.5. The summed E-state index contributed by atoms with van der Waals surface area (Å²) < 4.78 is 5.17. The predicted molar refractivity (Wildman–Crippen MR) is 66.1 cm³/mol. The minimum Gasteiger partial charge on any atom is -0.497 e. The Kier molecular flexibility index (Phi) is 3.98. The SMILES string of the molecule is COc1cccc(CCC2NCCNC2=O)c1. The van der Waals surface area contributed by atoms with Gasteiger partial charge in [-0.15, -0.1) is 0 Å². The number of carbonyl (C=O) groups is 1. The summed E-state index contributed by atoms with van der Waals surface area (Å²) >= 11 is 0. The smallest absolute Gasteiger partial charge is 0.237 e. The van der Waals surface area contributed by atoms with Gasteiger partial charge in [0.05, 0.1) is 13.2 Å². The van der Waals surface area contributed by atoms with Gasteiger partial charge in [-0.05, 0) is 30.5 Å². The van der Waals surface area contributed by atoms with Crippen LogP contribution in [0.2, 0.25) is 0 Å². The first-order valence-electron chi connectivity index (χ1n) is 5.93. The van der Waals surface area contributed by atoms with Crippen LogP contribution in [0.1, 0.15) is 12.0 Å². The second-order valence-corrected chi connectivity index (χ2v) is 4.19. The molecule has 1 amide bonds. The summed E-state index contributed by atoms with van der Waals surface area (Å²) in [5, 5.41) is 6.09. The van der Waals surface area contributed by atoms with Crippen LogP contribution in [0.25, 0.3) is 0 Å². The Labute approximate surface area is 101 Å². The van der Waals surface area contributed by atoms with Crippen LogP contribution in [0, 0.1) is 0 Å². The molecule has 2 N–H and O–H groups in total. The lowest BCUT2D eigenvalue weighted by molar-refractivity contribution is -0.124. The Morgan fingerprint density at radius 2 is 2.29 bits per heavy atom. The van der Waals surface area contributed by atoms with Crippen molar-refractivity contribution in [2.45, 2.75) is 18.9 Å². The van der Waals surface area contributed by atoms with Crippen molar-refractivity contribution in [3.05, 3.63) is 29.8 Å². The molecule has 1 saturated heterocycles. The minimum atomic E-state index is -0.0602. The molecule has 4 heteroatoms. The maximum absolute atomic E-state index is 11.5. The summed E-state index contributed by atoms with van der Waals surface area (Å²) in [6, 6.07) is 7.91. The number of methoxy groups -OCH3 is 1. The average molecular weight is 234 g/mol. The van der Waals surface area contributed by atoms with Gasteiger partial charge in [-0.25, -0.2) is 0 Å². The first-order chi connectivity index (χ1) is 8.29. The molecule has 1 unspecified atom stereocenters. The normalized spacial score (nSPS) is 19.8. The van der Waals surface area contributed by atoms with Gasteiger partial charge in [0.1, 0.15) is 5.75 Å². The van der Waals surface area contributed by atoms with Crippen LogP contribution in [-0.2, 0) is 11.2 Å². The van der Waals surface area contributed by atoms with Crippen LogP contribution < -0.4 is 15.4 Å². The van der Waals surface area contributed by atoms with Crippen LogP contribution in [0.5, 0.6) is 5.75 Å². The lowest BCUT2D eigenvalue weighted by atomic mass is 10.0. The monoisotopic (exact) mass is 234 g/mol. The molecule has 1 heterocycles. The molecule has 0 saturated carbocycles. The molecule has 0 radical (unpaired) electrons. The highest BCUT2D eigenvalue weighted by Gasteiger charge is 2.20. The van der Waals surface area contributed by atoms with Crippen LogP contribution in [0.4, 0.5) is 0 Å². The second kappa shape index (κ2) is 5.68. The maximum Gasteiger partial charge on any atom is 0.237 e. The molecule has 2 rings (SSSR count). The fourth-order valence-corrected chi connectivity index (χ4v) is 2.02. The number of carbonyl (C=O) groups excluding carboxylic acids is 1. The minimum absolute atomic E-state index is 0.0602. The fraction of sp³-hybridized carbons (Fsp3) is 0.462. The number of rotatable bonds is 4. The predicted octanol–water partition coefficient (Wildman–Crippen LogP) is 0.716. The van der Waals surface area contributed by atoms with Crippen LogP contribution in [0.15, 0.2) is 24.3 Å². The molecule has 4 nitrogen and oxygen atoms in total. The van der Waals surface area contributed by atoms with E-state index in [1.807, 2.05) is 18.2 Å². The summed E-state index contributed by atoms with van der Waals surface area (Å²) in [4.78, 5) is 11.5. The first-order valence-corrected chi connectivity index (χ1v) is 5.93. The van der Waals surface area contributed by atoms with Crippen molar-refractivity contribution < 1.29 is 9.53 Å². The van der Waals surface area contributed by atoms with E-state index in [0.717, 1.165) is 31.7 Å². The van der Waals surface area contributed by atoms with Gasteiger partial charge in [0.15, 0.2) is 0 Å². The average Bonchev–Trinajstić information content (AvgIpc) is 2.38. The van der Waals surface area contributed by atoms with Gasteiger partial charge in [0.25, 0.3) is 0 Å². The number of ether oxygens (including phenoxy) is 1. The number of piperazine rings is 1. The Bertz CT molecular complexity index is 393. The van der Waals surface area contributed by atoms with Crippen molar-refractivity contribution in [1.29, 1.82) is 0 Å². The third-order valence-electron chi connectivity index (χ3n) is 2.99. The molecule has 1 aromatic rings. The first kappa shape index (κ1) is 11.9. The van der Waals surface area contributed by atoms with Crippen LogP contribution in [0.3, 0.4) is 0 Å². The van der Waals surface area contributed by atoms with Gasteiger partial charge in [0.2, 0.25) is 5.91 Å². The van der Waals surface area contributed by atoms with Crippen molar-refractivity contribution in [2.24, 2.45) is 0 Å². The molecule has 1 atom stereocenters. The van der Waals surface area contributed by atoms with E-state index in [4.69, 9.17) is 4.74 Å². The molecular weight excluding hydrogens is 216 g/mol. The van der Waals surface area contributed by atoms with Crippen molar-refractivity contribution in [3.8, 4) is 5.75 Å². The Morgan fingerprint density at radius 1 is 1.41 bits per heavy atom. The second-order valence-electron chi connectivity index (χ2n) is 4.19. The van der Waals surface area contributed by atoms with Crippen molar-refractivity contribution in [2.75, 3.05) is 20.2 Å². The molecule has 0 spiro atoms. The van der Waals surface area contributed by atoms with Gasteiger partial charge in [-0.3, -0.25) is 4.79 Å². The lowest BCUT2D eigenvalue weighted by Crippen LogP contribution is -2.52. The van der Waals surface area contributed by atoms with Gasteiger partial charge >= 0.3 is 0 Å². The number of amides is 1. The molecule has 92 valence electrons. The number of aryl methyl sites for hydroxylation is 1. The van der Waals surface area contributed by atoms with E-state index in [1.165, 1.54) is 5.56 Å². The highest BCUT2D eigenvalue weighted by atomic mass is 16.5. The summed E-state index contributed by atoms with van der Waals surface area (Å²) in [6.07, 6.45) is 1.70. The highest BCUT2D eigenvalue weighted by molar-refractivity contribution is 5.82. The lowest BCUT2D eigenvalue weighted by Gasteiger charge is -2.23. The van der Waals surface area contributed by atoms with Crippen LogP contribution in [-0.4, -0.2) is 32.1 Å². The molecule has 1 aromatic carbocycles. The molecule has 0 aromatic heterocycles. The molecule has 1 fully saturated rings. The van der Waals surface area contributed by atoms with Gasteiger partial charge in [-0.2, -0.15) is 0 Å². The zero-order valence-electron chi connectivity index (χ0n) is 10.0. The summed E-state index contributed by atoms with van der Waals surface area (Å²) in [5.41, 5.74) is 1.20. The fourth-order valence-electron chi connectivity index (χ4n) is 2.02. The van der Waals surface area contributed by atoms with E-state index in [9.17, 15) is 4.79 Å². The molecule has 17 heavy (non-hydrogen) atoms. The summed E-state index contributed by atoms with van der Waals surface area (Å²) in [7, 11) is 1.66. The third-order valence-corrected chi connectivity index (χ3v) is 2.99. The van der Waals surface area contributed by atoms with E-state index < -0.39 is 0 Å². The summed E-state index contributed by atoms with van der Waals surface area (Å²) in [6.45, 7) is 1.59. The Balaban J connectivity index is 1.90. The molecule has 1 aliphatic heterocycles. The quantitative estimate of drug-likeness (QED) is 0.807. The van der Waals surface area contributed by atoms with E-state index in [2.05, 4.69) is 16.7 Å². The van der Waals surface area contributed by atoms with Gasteiger partial charge in [-0.1, -0.05) is 12.1 Å². The highest BCUT2D eigenvalue weighted by Crippen LogP contribution is 2.14. The Hall–Kier alpha value is -1.55. The number of benzene rings is 1. The van der Waals surface area contributed by atoms with Crippen molar-refractivity contribution >= 4 is 5.91 Å². The standard InChI is InChI=1S/C13H18N2O2/c1-17-11-4-2-3-10(9-11)5-6-12-13(16)15-8-7-14-12/h2-4,9,12,14H,5-8H2,1H3,(H,15,16). The van der Waals surface area contributed by atoms with E-state index in [1.54, 1.807) is 7.11 Å². The Morgan fingerprint density at radius 3 is 3.06 bits per heavy atom. The number of nitrogens with one attached hydrogen (secondary N) is 2. The summed E-state index contributed by atoms with van der Waals surface area (Å²) in [5.74, 6) is 0.975. The number of hydrogen-bond acceptors (Lipinski definition) is 3. The largest absolute Gasteiger partial charge is 0.497 e. The zero-order valence-corrected chi connectivity index (χ0v) is 10.0. The van der Waals surface area contributed by atoms with Gasteiger partial charge < -0.3 is 15.4 Å². The van der Waals surface area contributed by atoms with Gasteiger partial charge in [0, 0.05) is 13.1 Å². The topological polar surface area (TPSA) is 50.4 Å². The van der Waals surface area contributed by atoms with E-state index >= 15 is 0 Å². The number of hydrogen-bond donors (Lipinski definition) is 2. The van der Waals surface area contributed by atoms with E-state index in [-0.39, 0.29) is 11.9 Å². The third kappa shape index (κ3) is 3.20. The molecule has 1 aliphatic rings.